The van der Waals surface area contributed by atoms with Gasteiger partial charge in [-0.25, -0.2) is 14.6 Å². The molecule has 0 saturated carbocycles. The molecule has 158 valence electrons. The largest absolute Gasteiger partial charge is 0.434 e. The lowest BCUT2D eigenvalue weighted by atomic mass is 10.1. The summed E-state index contributed by atoms with van der Waals surface area (Å²) < 4.78 is 31.5. The molecule has 7 nitrogen and oxygen atoms in total. The van der Waals surface area contributed by atoms with Gasteiger partial charge in [0.05, 0.1) is 23.1 Å². The van der Waals surface area contributed by atoms with E-state index in [2.05, 4.69) is 25.1 Å². The molecule has 1 aromatic carbocycles. The third-order valence-corrected chi connectivity index (χ3v) is 5.18. The highest BCUT2D eigenvalue weighted by Crippen LogP contribution is 2.33. The Kier molecular flexibility index (Phi) is 5.99. The number of alkyl halides is 2. The summed E-state index contributed by atoms with van der Waals surface area (Å²) in [7, 11) is 0. The normalized spacial score (nSPS) is 11.0. The molecule has 4 aromatic rings. The van der Waals surface area contributed by atoms with Crippen molar-refractivity contribution in [2.75, 3.05) is 5.32 Å². The fourth-order valence-electron chi connectivity index (χ4n) is 3.08. The van der Waals surface area contributed by atoms with Crippen molar-refractivity contribution >= 4 is 22.4 Å². The zero-order valence-corrected chi connectivity index (χ0v) is 17.1. The molecule has 3 aromatic heterocycles. The van der Waals surface area contributed by atoms with Crippen molar-refractivity contribution in [3.63, 3.8) is 0 Å². The number of carbonyl (C=O) groups excluding carboxylic acids is 1. The zero-order valence-electron chi connectivity index (χ0n) is 16.3. The molecule has 0 atom stereocenters. The van der Waals surface area contributed by atoms with E-state index in [1.165, 1.54) is 23.6 Å². The number of anilines is 1. The van der Waals surface area contributed by atoms with Crippen LogP contribution in [0.1, 0.15) is 23.0 Å². The maximum atomic E-state index is 12.9. The second-order valence-corrected chi connectivity index (χ2v) is 7.18. The van der Waals surface area contributed by atoms with Crippen LogP contribution >= 0.6 is 11.3 Å². The van der Waals surface area contributed by atoms with Gasteiger partial charge < -0.3 is 4.74 Å². The Morgan fingerprint density at radius 1 is 1.23 bits per heavy atom. The zero-order chi connectivity index (χ0) is 21.8. The lowest BCUT2D eigenvalue weighted by Gasteiger charge is -2.08. The smallest absolute Gasteiger partial charge is 0.387 e. The molecule has 3 heterocycles. The summed E-state index contributed by atoms with van der Waals surface area (Å²) in [5.74, 6) is 0.271. The Morgan fingerprint density at radius 2 is 2.03 bits per heavy atom. The molecule has 0 saturated heterocycles. The van der Waals surface area contributed by atoms with Crippen LogP contribution in [0.25, 0.3) is 17.1 Å². The highest BCUT2D eigenvalue weighted by molar-refractivity contribution is 7.14. The third kappa shape index (κ3) is 4.43. The Labute approximate surface area is 180 Å². The van der Waals surface area contributed by atoms with Gasteiger partial charge >= 0.3 is 6.61 Å². The summed E-state index contributed by atoms with van der Waals surface area (Å²) in [6, 6.07) is 11.8. The van der Waals surface area contributed by atoms with Gasteiger partial charge in [0.15, 0.2) is 10.9 Å². The average Bonchev–Trinajstić information content (AvgIpc) is 3.41. The molecular formula is C21H17F2N5O2S. The van der Waals surface area contributed by atoms with Crippen LogP contribution in [0.5, 0.6) is 5.75 Å². The van der Waals surface area contributed by atoms with Gasteiger partial charge in [0, 0.05) is 17.1 Å². The summed E-state index contributed by atoms with van der Waals surface area (Å²) in [6.07, 6.45) is 3.72. The minimum absolute atomic E-state index is 0.0191. The number of hydrogen-bond acceptors (Lipinski definition) is 6. The summed E-state index contributed by atoms with van der Waals surface area (Å²) in [5.41, 5.74) is 1.96. The number of benzene rings is 1. The van der Waals surface area contributed by atoms with Gasteiger partial charge in [-0.1, -0.05) is 25.1 Å². The number of thiazole rings is 1. The number of para-hydroxylation sites is 1. The van der Waals surface area contributed by atoms with Gasteiger partial charge in [0.1, 0.15) is 5.75 Å². The fourth-order valence-corrected chi connectivity index (χ4v) is 3.78. The standard InChI is InChI=1S/C21H17F2N5O2S/c1-2-16-14(11-25-28(16)18-9-5-6-10-24-18)19(29)27-21-26-15(12-31-21)13-7-3-4-8-17(13)30-20(22)23/h3-12,20H,2H2,1H3,(H,26,27,29). The maximum absolute atomic E-state index is 12.9. The first-order valence-corrected chi connectivity index (χ1v) is 10.2. The molecule has 0 aliphatic heterocycles. The molecule has 0 aliphatic carbocycles. The number of carbonyl (C=O) groups is 1. The van der Waals surface area contributed by atoms with Crippen LogP contribution in [0.2, 0.25) is 0 Å². The first-order chi connectivity index (χ1) is 15.1. The van der Waals surface area contributed by atoms with Gasteiger partial charge in [0.2, 0.25) is 0 Å². The molecule has 0 radical (unpaired) electrons. The summed E-state index contributed by atoms with van der Waals surface area (Å²) >= 11 is 1.19. The topological polar surface area (TPSA) is 81.9 Å². The minimum Gasteiger partial charge on any atom is -0.434 e. The van der Waals surface area contributed by atoms with Crippen LogP contribution in [0.3, 0.4) is 0 Å². The third-order valence-electron chi connectivity index (χ3n) is 4.42. The Bertz CT molecular complexity index is 1190. The molecular weight excluding hydrogens is 424 g/mol. The number of ether oxygens (including phenoxy) is 1. The highest BCUT2D eigenvalue weighted by atomic mass is 32.1. The monoisotopic (exact) mass is 441 g/mol. The van der Waals surface area contributed by atoms with E-state index in [-0.39, 0.29) is 11.7 Å². The van der Waals surface area contributed by atoms with Crippen molar-refractivity contribution in [1.82, 2.24) is 19.7 Å². The van der Waals surface area contributed by atoms with Crippen LogP contribution in [0.4, 0.5) is 13.9 Å². The molecule has 10 heteroatoms. The SMILES string of the molecule is CCc1c(C(=O)Nc2nc(-c3ccccc3OC(F)F)cs2)cnn1-c1ccccn1. The number of nitrogens with zero attached hydrogens (tertiary/aromatic N) is 4. The predicted molar refractivity (Wildman–Crippen MR) is 113 cm³/mol. The maximum Gasteiger partial charge on any atom is 0.387 e. The van der Waals surface area contributed by atoms with Crippen molar-refractivity contribution in [1.29, 1.82) is 0 Å². The minimum atomic E-state index is -2.94. The molecule has 0 unspecified atom stereocenters. The van der Waals surface area contributed by atoms with Crippen molar-refractivity contribution in [2.24, 2.45) is 0 Å². The van der Waals surface area contributed by atoms with Crippen molar-refractivity contribution in [3.8, 4) is 22.8 Å². The number of rotatable bonds is 7. The quantitative estimate of drug-likeness (QED) is 0.445. The molecule has 31 heavy (non-hydrogen) atoms. The summed E-state index contributed by atoms with van der Waals surface area (Å²) in [4.78, 5) is 21.5. The number of pyridine rings is 1. The van der Waals surface area contributed by atoms with Crippen LogP contribution in [0.15, 0.2) is 60.2 Å². The lowest BCUT2D eigenvalue weighted by Crippen LogP contribution is -2.14. The summed E-state index contributed by atoms with van der Waals surface area (Å²) in [5, 5.41) is 9.06. The van der Waals surface area contributed by atoms with Gasteiger partial charge in [-0.2, -0.15) is 13.9 Å². The average molecular weight is 441 g/mol. The Morgan fingerprint density at radius 3 is 2.77 bits per heavy atom. The van der Waals surface area contributed by atoms with E-state index in [9.17, 15) is 13.6 Å². The number of amides is 1. The van der Waals surface area contributed by atoms with Crippen molar-refractivity contribution in [2.45, 2.75) is 20.0 Å². The van der Waals surface area contributed by atoms with Crippen molar-refractivity contribution in [3.05, 3.63) is 71.5 Å². The molecule has 0 aliphatic rings. The Balaban J connectivity index is 1.57. The van der Waals surface area contributed by atoms with E-state index < -0.39 is 6.61 Å². The van der Waals surface area contributed by atoms with Gasteiger partial charge in [0.25, 0.3) is 5.91 Å². The van der Waals surface area contributed by atoms with E-state index in [0.717, 1.165) is 0 Å². The van der Waals surface area contributed by atoms with E-state index in [0.29, 0.717) is 39.9 Å². The van der Waals surface area contributed by atoms with Crippen LogP contribution in [0, 0.1) is 0 Å². The van der Waals surface area contributed by atoms with E-state index in [1.54, 1.807) is 46.6 Å². The molecule has 0 bridgehead atoms. The molecule has 0 spiro atoms. The number of halogens is 2. The molecule has 4 rings (SSSR count). The highest BCUT2D eigenvalue weighted by Gasteiger charge is 2.19. The molecule has 1 N–H and O–H groups in total. The summed E-state index contributed by atoms with van der Waals surface area (Å²) in [6.45, 7) is -1.02. The Hall–Kier alpha value is -3.66. The first-order valence-electron chi connectivity index (χ1n) is 9.36. The van der Waals surface area contributed by atoms with Gasteiger partial charge in [-0.3, -0.25) is 10.1 Å². The van der Waals surface area contributed by atoms with Crippen LogP contribution in [-0.4, -0.2) is 32.3 Å². The second kappa shape index (κ2) is 9.00. The van der Waals surface area contributed by atoms with E-state index in [1.807, 2.05) is 13.0 Å². The van der Waals surface area contributed by atoms with Crippen LogP contribution in [-0.2, 0) is 6.42 Å². The first kappa shape index (κ1) is 20.6. The second-order valence-electron chi connectivity index (χ2n) is 6.32. The number of aromatic nitrogens is 4. The molecule has 1 amide bonds. The fraction of sp³-hybridized carbons (Fsp3) is 0.143. The van der Waals surface area contributed by atoms with Crippen LogP contribution < -0.4 is 10.1 Å². The van der Waals surface area contributed by atoms with E-state index >= 15 is 0 Å². The van der Waals surface area contributed by atoms with Gasteiger partial charge in [-0.15, -0.1) is 11.3 Å². The van der Waals surface area contributed by atoms with Crippen molar-refractivity contribution < 1.29 is 18.3 Å². The predicted octanol–water partition coefficient (Wildman–Crippen LogP) is 4.81. The van der Waals surface area contributed by atoms with E-state index in [4.69, 9.17) is 0 Å². The number of hydrogen-bond donors (Lipinski definition) is 1. The molecule has 0 fully saturated rings. The lowest BCUT2D eigenvalue weighted by molar-refractivity contribution is -0.0494. The van der Waals surface area contributed by atoms with Gasteiger partial charge in [-0.05, 0) is 30.7 Å². The number of nitrogens with one attached hydrogen (secondary N) is 1.